The second-order valence-corrected chi connectivity index (χ2v) is 10.1. The van der Waals surface area contributed by atoms with Crippen LogP contribution in [0.5, 0.6) is 5.75 Å². The van der Waals surface area contributed by atoms with Crippen molar-refractivity contribution in [1.82, 2.24) is 4.90 Å². The molecule has 7 heteroatoms. The van der Waals surface area contributed by atoms with Gasteiger partial charge in [0.05, 0.1) is 12.8 Å². The first-order valence-corrected chi connectivity index (χ1v) is 14.0. The van der Waals surface area contributed by atoms with Crippen LogP contribution in [0.3, 0.4) is 0 Å². The van der Waals surface area contributed by atoms with E-state index in [4.69, 9.17) is 10.5 Å². The van der Waals surface area contributed by atoms with Crippen molar-refractivity contribution in [3.8, 4) is 5.75 Å². The van der Waals surface area contributed by atoms with Gasteiger partial charge in [0.1, 0.15) is 18.1 Å². The molecule has 1 saturated heterocycles. The average molecular weight is 502 g/mol. The van der Waals surface area contributed by atoms with Crippen LogP contribution >= 0.6 is 0 Å². The molecule has 1 aliphatic heterocycles. The topological polar surface area (TPSA) is 92.9 Å². The number of benzene rings is 1. The summed E-state index contributed by atoms with van der Waals surface area (Å²) in [5.74, 6) is 0.739. The van der Waals surface area contributed by atoms with Crippen LogP contribution in [0.15, 0.2) is 24.3 Å². The Hall–Kier alpha value is -2.41. The molecule has 36 heavy (non-hydrogen) atoms. The number of ether oxygens (including phenoxy) is 1. The fourth-order valence-corrected chi connectivity index (χ4v) is 4.88. The highest BCUT2D eigenvalue weighted by atomic mass is 16.5. The molecular weight excluding hydrogens is 454 g/mol. The van der Waals surface area contributed by atoms with Crippen LogP contribution < -0.4 is 15.4 Å². The fraction of sp³-hybridized carbons (Fsp3) is 0.690. The number of amides is 3. The van der Waals surface area contributed by atoms with Crippen molar-refractivity contribution in [3.63, 3.8) is 0 Å². The number of carbonyl (C=O) groups excluding carboxylic acids is 3. The number of methoxy groups -OCH3 is 1. The Bertz CT molecular complexity index is 796. The predicted octanol–water partition coefficient (Wildman–Crippen LogP) is 6.09. The van der Waals surface area contributed by atoms with Crippen LogP contribution in [0.4, 0.5) is 10.5 Å². The first-order valence-electron chi connectivity index (χ1n) is 14.0. The highest BCUT2D eigenvalue weighted by Crippen LogP contribution is 2.26. The van der Waals surface area contributed by atoms with E-state index in [9.17, 15) is 14.4 Å². The molecule has 0 radical (unpaired) electrons. The van der Waals surface area contributed by atoms with Gasteiger partial charge in [-0.15, -0.1) is 0 Å². The number of imide groups is 1. The van der Waals surface area contributed by atoms with Crippen molar-refractivity contribution >= 4 is 23.4 Å². The molecule has 0 aromatic heterocycles. The molecule has 0 bridgehead atoms. The van der Waals surface area contributed by atoms with Gasteiger partial charge in [0.25, 0.3) is 5.91 Å². The zero-order valence-electron chi connectivity index (χ0n) is 22.5. The summed E-state index contributed by atoms with van der Waals surface area (Å²) in [6.07, 6.45) is 14.8. The normalized spacial score (nSPS) is 14.5. The van der Waals surface area contributed by atoms with E-state index in [1.54, 1.807) is 36.3 Å². The van der Waals surface area contributed by atoms with E-state index in [1.165, 1.54) is 49.8 Å². The Kier molecular flexibility index (Phi) is 14.2. The molecule has 1 aromatic rings. The lowest BCUT2D eigenvalue weighted by atomic mass is 9.93. The quantitative estimate of drug-likeness (QED) is 0.172. The minimum atomic E-state index is -0.319. The molecule has 2 rings (SSSR count). The Morgan fingerprint density at radius 2 is 1.58 bits per heavy atom. The monoisotopic (exact) mass is 501 g/mol. The number of hydrogen-bond donors (Lipinski definition) is 1. The third-order valence-corrected chi connectivity index (χ3v) is 6.99. The van der Waals surface area contributed by atoms with Crippen molar-refractivity contribution in [3.05, 3.63) is 24.3 Å². The van der Waals surface area contributed by atoms with Gasteiger partial charge in [0, 0.05) is 19.4 Å². The van der Waals surface area contributed by atoms with Crippen molar-refractivity contribution in [2.75, 3.05) is 31.6 Å². The molecule has 1 fully saturated rings. The summed E-state index contributed by atoms with van der Waals surface area (Å²) < 4.78 is 5.17. The fourth-order valence-electron chi connectivity index (χ4n) is 4.88. The third kappa shape index (κ3) is 10.3. The zero-order chi connectivity index (χ0) is 26.2. The van der Waals surface area contributed by atoms with E-state index in [0.717, 1.165) is 32.1 Å². The van der Waals surface area contributed by atoms with Crippen LogP contribution in [0.25, 0.3) is 0 Å². The number of nitrogens with zero attached hydrogens (tertiary/aromatic N) is 2. The number of hydrogen-bond acceptors (Lipinski definition) is 5. The van der Waals surface area contributed by atoms with Gasteiger partial charge >= 0.3 is 6.03 Å². The molecular formula is C29H47N3O4. The summed E-state index contributed by atoms with van der Waals surface area (Å²) in [6, 6.07) is 6.58. The molecule has 1 aliphatic rings. The van der Waals surface area contributed by atoms with Gasteiger partial charge in [-0.2, -0.15) is 0 Å². The van der Waals surface area contributed by atoms with E-state index in [2.05, 4.69) is 6.92 Å². The SMILES string of the molecule is CCCCCCCCCCCC(=O)CC(CCCCN)CN1CC(=O)N(c2ccc(OC)cc2)C1=O. The van der Waals surface area contributed by atoms with Crippen LogP contribution in [-0.2, 0) is 9.59 Å². The lowest BCUT2D eigenvalue weighted by molar-refractivity contribution is -0.120. The zero-order valence-corrected chi connectivity index (χ0v) is 22.5. The van der Waals surface area contributed by atoms with E-state index >= 15 is 0 Å². The number of anilines is 1. The number of unbranched alkanes of at least 4 members (excludes halogenated alkanes) is 9. The average Bonchev–Trinajstić information content (AvgIpc) is 3.15. The number of rotatable bonds is 20. The molecule has 2 N–H and O–H groups in total. The Labute approximate surface area is 217 Å². The molecule has 202 valence electrons. The minimum absolute atomic E-state index is 0.0463. The van der Waals surface area contributed by atoms with Gasteiger partial charge in [0.2, 0.25) is 0 Å². The van der Waals surface area contributed by atoms with E-state index in [-0.39, 0.29) is 30.2 Å². The molecule has 0 aliphatic carbocycles. The molecule has 3 amide bonds. The van der Waals surface area contributed by atoms with Crippen LogP contribution in [0.2, 0.25) is 0 Å². The van der Waals surface area contributed by atoms with Gasteiger partial charge in [-0.25, -0.2) is 9.69 Å². The Morgan fingerprint density at radius 3 is 2.19 bits per heavy atom. The summed E-state index contributed by atoms with van der Waals surface area (Å²) in [4.78, 5) is 41.3. The number of urea groups is 1. The summed E-state index contributed by atoms with van der Waals surface area (Å²) in [5, 5.41) is 0. The molecule has 1 aromatic carbocycles. The predicted molar refractivity (Wildman–Crippen MR) is 145 cm³/mol. The molecule has 1 heterocycles. The second-order valence-electron chi connectivity index (χ2n) is 10.1. The highest BCUT2D eigenvalue weighted by molar-refractivity contribution is 6.19. The Morgan fingerprint density at radius 1 is 0.944 bits per heavy atom. The molecule has 1 atom stereocenters. The number of carbonyl (C=O) groups is 3. The van der Waals surface area contributed by atoms with Crippen LogP contribution in [-0.4, -0.2) is 49.4 Å². The van der Waals surface area contributed by atoms with Gasteiger partial charge in [-0.1, -0.05) is 64.7 Å². The summed E-state index contributed by atoms with van der Waals surface area (Å²) in [6.45, 7) is 3.32. The van der Waals surface area contributed by atoms with Crippen molar-refractivity contribution in [2.24, 2.45) is 11.7 Å². The van der Waals surface area contributed by atoms with E-state index in [0.29, 0.717) is 37.4 Å². The number of Topliss-reactive ketones (excluding diaryl/α,β-unsaturated/α-hetero) is 1. The lowest BCUT2D eigenvalue weighted by Crippen LogP contribution is -2.36. The van der Waals surface area contributed by atoms with Gasteiger partial charge in [0.15, 0.2) is 0 Å². The van der Waals surface area contributed by atoms with E-state index in [1.807, 2.05) is 0 Å². The van der Waals surface area contributed by atoms with Crippen molar-refractivity contribution in [2.45, 2.75) is 96.8 Å². The molecule has 7 nitrogen and oxygen atoms in total. The van der Waals surface area contributed by atoms with Gasteiger partial charge in [-0.3, -0.25) is 9.59 Å². The first kappa shape index (κ1) is 29.8. The van der Waals surface area contributed by atoms with Crippen molar-refractivity contribution in [1.29, 1.82) is 0 Å². The van der Waals surface area contributed by atoms with Crippen LogP contribution in [0.1, 0.15) is 96.8 Å². The lowest BCUT2D eigenvalue weighted by Gasteiger charge is -2.23. The minimum Gasteiger partial charge on any atom is -0.497 e. The summed E-state index contributed by atoms with van der Waals surface area (Å²) >= 11 is 0. The maximum Gasteiger partial charge on any atom is 0.331 e. The van der Waals surface area contributed by atoms with Gasteiger partial charge < -0.3 is 15.4 Å². The molecule has 0 saturated carbocycles. The number of nitrogens with two attached hydrogens (primary N) is 1. The summed E-state index contributed by atoms with van der Waals surface area (Å²) in [7, 11) is 1.57. The Balaban J connectivity index is 1.82. The number of ketones is 1. The maximum atomic E-state index is 13.1. The second kappa shape index (κ2) is 17.1. The standard InChI is InChI=1S/C29H47N3O4/c1-3-4-5-6-7-8-9-10-11-15-26(33)21-24(14-12-13-20-30)22-31-23-28(34)32(29(31)35)25-16-18-27(36-2)19-17-25/h16-19,24H,3-15,20-23,30H2,1-2H3. The van der Waals surface area contributed by atoms with E-state index < -0.39 is 0 Å². The molecule has 1 unspecified atom stereocenters. The molecule has 0 spiro atoms. The van der Waals surface area contributed by atoms with Crippen LogP contribution in [0, 0.1) is 5.92 Å². The highest BCUT2D eigenvalue weighted by Gasteiger charge is 2.38. The van der Waals surface area contributed by atoms with Crippen molar-refractivity contribution < 1.29 is 19.1 Å². The first-order chi connectivity index (χ1) is 17.5. The smallest absolute Gasteiger partial charge is 0.331 e. The maximum absolute atomic E-state index is 13.1. The largest absolute Gasteiger partial charge is 0.497 e. The third-order valence-electron chi connectivity index (χ3n) is 6.99. The van der Waals surface area contributed by atoms with Gasteiger partial charge in [-0.05, 0) is 56.0 Å². The summed E-state index contributed by atoms with van der Waals surface area (Å²) in [5.41, 5.74) is 6.21.